The Hall–Kier alpha value is -3.48. The lowest BCUT2D eigenvalue weighted by atomic mass is 10.2. The highest BCUT2D eigenvalue weighted by molar-refractivity contribution is 5.93. The minimum atomic E-state index is -0.0251. The summed E-state index contributed by atoms with van der Waals surface area (Å²) in [5, 5.41) is 0. The van der Waals surface area contributed by atoms with E-state index in [4.69, 9.17) is 0 Å². The van der Waals surface area contributed by atoms with E-state index >= 15 is 0 Å². The molecule has 148 valence electrons. The van der Waals surface area contributed by atoms with Crippen molar-refractivity contribution in [3.8, 4) is 0 Å². The van der Waals surface area contributed by atoms with Gasteiger partial charge in [0.2, 0.25) is 5.95 Å². The predicted molar refractivity (Wildman–Crippen MR) is 113 cm³/mol. The molecule has 3 aromatic rings. The number of amides is 1. The van der Waals surface area contributed by atoms with Crippen LogP contribution in [0.2, 0.25) is 0 Å². The number of anilines is 2. The van der Waals surface area contributed by atoms with Crippen LogP contribution in [0.15, 0.2) is 67.1 Å². The highest BCUT2D eigenvalue weighted by Crippen LogP contribution is 2.15. The Kier molecular flexibility index (Phi) is 5.65. The Labute approximate surface area is 170 Å². The highest BCUT2D eigenvalue weighted by Gasteiger charge is 2.23. The van der Waals surface area contributed by atoms with Crippen molar-refractivity contribution in [3.05, 3.63) is 78.2 Å². The van der Waals surface area contributed by atoms with Crippen molar-refractivity contribution >= 4 is 17.7 Å². The molecule has 0 aliphatic carbocycles. The van der Waals surface area contributed by atoms with Crippen molar-refractivity contribution in [3.63, 3.8) is 0 Å². The summed E-state index contributed by atoms with van der Waals surface area (Å²) in [6.45, 7) is 3.56. The van der Waals surface area contributed by atoms with E-state index < -0.39 is 0 Å². The second-order valence-corrected chi connectivity index (χ2v) is 7.08. The largest absolute Gasteiger partial charge is 0.353 e. The zero-order chi connectivity index (χ0) is 20.1. The standard InChI is InChI=1S/C22H24N6O/c1-26(17-18-7-3-2-4-8-18)22-24-15-19(16-25-22)21(29)28-13-11-27(12-14-28)20-9-5-6-10-23-20/h2-10,15-16H,11-14,17H2,1H3. The maximum Gasteiger partial charge on any atom is 0.257 e. The molecule has 3 heterocycles. The third-order valence-electron chi connectivity index (χ3n) is 5.03. The molecule has 0 atom stereocenters. The molecular weight excluding hydrogens is 364 g/mol. The van der Waals surface area contributed by atoms with E-state index in [0.717, 1.165) is 18.9 Å². The molecule has 0 unspecified atom stereocenters. The van der Waals surface area contributed by atoms with Crippen LogP contribution < -0.4 is 9.80 Å². The lowest BCUT2D eigenvalue weighted by Gasteiger charge is -2.35. The van der Waals surface area contributed by atoms with E-state index in [1.807, 2.05) is 53.2 Å². The van der Waals surface area contributed by atoms with Gasteiger partial charge in [-0.2, -0.15) is 0 Å². The van der Waals surface area contributed by atoms with E-state index in [-0.39, 0.29) is 5.91 Å². The molecule has 1 aliphatic rings. The van der Waals surface area contributed by atoms with E-state index in [1.54, 1.807) is 18.6 Å². The van der Waals surface area contributed by atoms with Crippen molar-refractivity contribution in [1.82, 2.24) is 19.9 Å². The molecular formula is C22H24N6O. The minimum absolute atomic E-state index is 0.0251. The first-order valence-corrected chi connectivity index (χ1v) is 9.73. The number of nitrogens with zero attached hydrogens (tertiary/aromatic N) is 6. The summed E-state index contributed by atoms with van der Waals surface area (Å²) in [5.41, 5.74) is 1.71. The molecule has 7 nitrogen and oxygen atoms in total. The van der Waals surface area contributed by atoms with Crippen molar-refractivity contribution in [2.45, 2.75) is 6.54 Å². The molecule has 1 saturated heterocycles. The van der Waals surface area contributed by atoms with Crippen LogP contribution in [0.4, 0.5) is 11.8 Å². The van der Waals surface area contributed by atoms with Gasteiger partial charge >= 0.3 is 0 Å². The van der Waals surface area contributed by atoms with E-state index in [9.17, 15) is 4.79 Å². The second-order valence-electron chi connectivity index (χ2n) is 7.08. The van der Waals surface area contributed by atoms with Gasteiger partial charge in [0.15, 0.2) is 0 Å². The quantitative estimate of drug-likeness (QED) is 0.669. The van der Waals surface area contributed by atoms with Gasteiger partial charge in [-0.3, -0.25) is 4.79 Å². The summed E-state index contributed by atoms with van der Waals surface area (Å²) in [6.07, 6.45) is 5.04. The Bertz CT molecular complexity index is 925. The lowest BCUT2D eigenvalue weighted by Crippen LogP contribution is -2.49. The average Bonchev–Trinajstić information content (AvgIpc) is 2.80. The van der Waals surface area contributed by atoms with Gasteiger partial charge in [-0.15, -0.1) is 0 Å². The molecule has 29 heavy (non-hydrogen) atoms. The lowest BCUT2D eigenvalue weighted by molar-refractivity contribution is 0.0745. The van der Waals surface area contributed by atoms with E-state index in [2.05, 4.69) is 32.0 Å². The SMILES string of the molecule is CN(Cc1ccccc1)c1ncc(C(=O)N2CCN(c3ccccn3)CC2)cn1. The number of piperazine rings is 1. The van der Waals surface area contributed by atoms with Crippen LogP contribution in [-0.2, 0) is 6.54 Å². The van der Waals surface area contributed by atoms with E-state index in [0.29, 0.717) is 31.1 Å². The number of benzene rings is 1. The van der Waals surface area contributed by atoms with Crippen LogP contribution in [0, 0.1) is 0 Å². The van der Waals surface area contributed by atoms with Gasteiger partial charge in [0.05, 0.1) is 5.56 Å². The van der Waals surface area contributed by atoms with Crippen molar-refractivity contribution in [1.29, 1.82) is 0 Å². The van der Waals surface area contributed by atoms with Crippen molar-refractivity contribution in [2.75, 3.05) is 43.0 Å². The Balaban J connectivity index is 1.35. The third kappa shape index (κ3) is 4.51. The number of carbonyl (C=O) groups excluding carboxylic acids is 1. The number of rotatable bonds is 5. The maximum absolute atomic E-state index is 12.8. The smallest absolute Gasteiger partial charge is 0.257 e. The molecule has 4 rings (SSSR count). The number of hydrogen-bond acceptors (Lipinski definition) is 6. The van der Waals surface area contributed by atoms with Crippen LogP contribution in [-0.4, -0.2) is 59.0 Å². The van der Waals surface area contributed by atoms with Crippen LogP contribution in [0.1, 0.15) is 15.9 Å². The summed E-state index contributed by atoms with van der Waals surface area (Å²) >= 11 is 0. The molecule has 0 bridgehead atoms. The fourth-order valence-corrected chi connectivity index (χ4v) is 3.42. The Morgan fingerprint density at radius 2 is 1.62 bits per heavy atom. The molecule has 1 aliphatic heterocycles. The van der Waals surface area contributed by atoms with Crippen LogP contribution >= 0.6 is 0 Å². The van der Waals surface area contributed by atoms with Gasteiger partial charge in [-0.05, 0) is 17.7 Å². The molecule has 1 aromatic carbocycles. The zero-order valence-corrected chi connectivity index (χ0v) is 16.5. The number of pyridine rings is 1. The molecule has 2 aromatic heterocycles. The topological polar surface area (TPSA) is 65.5 Å². The molecule has 1 amide bonds. The minimum Gasteiger partial charge on any atom is -0.353 e. The fraction of sp³-hybridized carbons (Fsp3) is 0.273. The van der Waals surface area contributed by atoms with Crippen molar-refractivity contribution < 1.29 is 4.79 Å². The molecule has 0 N–H and O–H groups in total. The molecule has 7 heteroatoms. The predicted octanol–water partition coefficient (Wildman–Crippen LogP) is 2.47. The summed E-state index contributed by atoms with van der Waals surface area (Å²) < 4.78 is 0. The van der Waals surface area contributed by atoms with Crippen LogP contribution in [0.5, 0.6) is 0 Å². The van der Waals surface area contributed by atoms with Gasteiger partial charge in [0.25, 0.3) is 5.91 Å². The summed E-state index contributed by atoms with van der Waals surface area (Å²) in [4.78, 5) is 32.0. The van der Waals surface area contributed by atoms with Gasteiger partial charge in [0.1, 0.15) is 5.82 Å². The monoisotopic (exact) mass is 388 g/mol. The van der Waals surface area contributed by atoms with Gasteiger partial charge in [-0.25, -0.2) is 15.0 Å². The summed E-state index contributed by atoms with van der Waals surface area (Å²) in [6, 6.07) is 16.0. The number of aromatic nitrogens is 3. The molecule has 0 spiro atoms. The third-order valence-corrected chi connectivity index (χ3v) is 5.03. The van der Waals surface area contributed by atoms with Gasteiger partial charge in [0, 0.05) is 58.4 Å². The number of carbonyl (C=O) groups is 1. The van der Waals surface area contributed by atoms with E-state index in [1.165, 1.54) is 5.56 Å². The van der Waals surface area contributed by atoms with Gasteiger partial charge in [-0.1, -0.05) is 36.4 Å². The second kappa shape index (κ2) is 8.68. The molecule has 1 fully saturated rings. The van der Waals surface area contributed by atoms with Crippen LogP contribution in [0.3, 0.4) is 0 Å². The summed E-state index contributed by atoms with van der Waals surface area (Å²) in [7, 11) is 1.95. The maximum atomic E-state index is 12.8. The zero-order valence-electron chi connectivity index (χ0n) is 16.5. The normalized spacial score (nSPS) is 14.0. The van der Waals surface area contributed by atoms with Crippen molar-refractivity contribution in [2.24, 2.45) is 0 Å². The van der Waals surface area contributed by atoms with Gasteiger partial charge < -0.3 is 14.7 Å². The highest BCUT2D eigenvalue weighted by atomic mass is 16.2. The Morgan fingerprint density at radius 3 is 2.28 bits per heavy atom. The first-order valence-electron chi connectivity index (χ1n) is 9.73. The first kappa shape index (κ1) is 18.9. The number of hydrogen-bond donors (Lipinski definition) is 0. The first-order chi connectivity index (χ1) is 14.2. The fourth-order valence-electron chi connectivity index (χ4n) is 3.42. The summed E-state index contributed by atoms with van der Waals surface area (Å²) in [5.74, 6) is 1.53. The Morgan fingerprint density at radius 1 is 0.931 bits per heavy atom. The van der Waals surface area contributed by atoms with Crippen LogP contribution in [0.25, 0.3) is 0 Å². The molecule has 0 saturated carbocycles. The average molecular weight is 388 g/mol. The molecule has 0 radical (unpaired) electrons.